The van der Waals surface area contributed by atoms with Crippen LogP contribution < -0.4 is 30.3 Å². The second-order valence-corrected chi connectivity index (χ2v) is 10.8. The number of nitrogens with zero attached hydrogens (tertiary/aromatic N) is 5. The number of urea groups is 1. The van der Waals surface area contributed by atoms with Crippen LogP contribution in [0.1, 0.15) is 34.5 Å². The summed E-state index contributed by atoms with van der Waals surface area (Å²) in [7, 11) is 1.50. The average molecular weight is 662 g/mol. The van der Waals surface area contributed by atoms with Crippen LogP contribution in [0.5, 0.6) is 17.2 Å². The van der Waals surface area contributed by atoms with E-state index >= 15 is 0 Å². The highest BCUT2D eigenvalue weighted by molar-refractivity contribution is 5.92. The van der Waals surface area contributed by atoms with Crippen molar-refractivity contribution in [3.63, 3.8) is 0 Å². The topological polar surface area (TPSA) is 159 Å². The molecule has 1 aliphatic rings. The predicted octanol–water partition coefficient (Wildman–Crippen LogP) is 5.29. The molecule has 1 unspecified atom stereocenters. The standard InChI is InChI=1S/C32H30F3N9O4/c1-36-30(45)25-14-23(10-11-37-25)48-22-7-4-19(5-8-22)15-38-31(46)43-24-13-20(32(33,34)35)6-9-26(24)47-16-21-3-2-12-44(21)29-27-28(40-17-39-27)41-18-42-29/h4-11,13-14,17-18,21H,2-3,12,15-16H2,1H3,(H,36,45)(H2,38,43,46)(H,39,40,41,42). The van der Waals surface area contributed by atoms with E-state index in [-0.39, 0.29) is 42.2 Å². The summed E-state index contributed by atoms with van der Waals surface area (Å²) in [5, 5.41) is 7.66. The third kappa shape index (κ3) is 7.37. The lowest BCUT2D eigenvalue weighted by molar-refractivity contribution is -0.137. The van der Waals surface area contributed by atoms with Crippen LogP contribution in [0.2, 0.25) is 0 Å². The second-order valence-electron chi connectivity index (χ2n) is 10.8. The van der Waals surface area contributed by atoms with Crippen molar-refractivity contribution in [1.29, 1.82) is 0 Å². The minimum absolute atomic E-state index is 0.0787. The number of hydrogen-bond acceptors (Lipinski definition) is 9. The fourth-order valence-corrected chi connectivity index (χ4v) is 5.26. The molecule has 5 aromatic rings. The zero-order chi connectivity index (χ0) is 33.7. The lowest BCUT2D eigenvalue weighted by Gasteiger charge is -2.26. The summed E-state index contributed by atoms with van der Waals surface area (Å²) in [6, 6.07) is 12.0. The van der Waals surface area contributed by atoms with Crippen molar-refractivity contribution in [3.8, 4) is 17.2 Å². The lowest BCUT2D eigenvalue weighted by atomic mass is 10.1. The Labute approximate surface area is 271 Å². The molecule has 2 aromatic carbocycles. The molecule has 6 rings (SSSR count). The number of ether oxygens (including phenoxy) is 2. The van der Waals surface area contributed by atoms with Gasteiger partial charge in [0.2, 0.25) is 0 Å². The van der Waals surface area contributed by atoms with E-state index in [2.05, 4.69) is 45.8 Å². The summed E-state index contributed by atoms with van der Waals surface area (Å²) >= 11 is 0. The Morgan fingerprint density at radius 1 is 1.02 bits per heavy atom. The van der Waals surface area contributed by atoms with E-state index in [9.17, 15) is 22.8 Å². The molecule has 1 saturated heterocycles. The highest BCUT2D eigenvalue weighted by Crippen LogP contribution is 2.36. The Bertz CT molecular complexity index is 1920. The van der Waals surface area contributed by atoms with E-state index in [1.54, 1.807) is 30.3 Å². The number of benzene rings is 2. The molecule has 16 heteroatoms. The molecule has 4 heterocycles. The predicted molar refractivity (Wildman–Crippen MR) is 169 cm³/mol. The highest BCUT2D eigenvalue weighted by atomic mass is 19.4. The number of carbonyl (C=O) groups excluding carboxylic acids is 2. The summed E-state index contributed by atoms with van der Waals surface area (Å²) in [6.45, 7) is 0.923. The van der Waals surface area contributed by atoms with Gasteiger partial charge in [0.25, 0.3) is 5.91 Å². The first-order chi connectivity index (χ1) is 23.2. The van der Waals surface area contributed by atoms with E-state index in [0.717, 1.165) is 25.0 Å². The Morgan fingerprint density at radius 3 is 2.65 bits per heavy atom. The summed E-state index contributed by atoms with van der Waals surface area (Å²) in [5.41, 5.74) is 1.07. The van der Waals surface area contributed by atoms with Crippen molar-refractivity contribution in [3.05, 3.63) is 90.3 Å². The molecule has 0 radical (unpaired) electrons. The third-order valence-electron chi connectivity index (χ3n) is 7.64. The Balaban J connectivity index is 1.09. The molecule has 4 N–H and O–H groups in total. The number of halogens is 3. The van der Waals surface area contributed by atoms with Crippen LogP contribution in [0.3, 0.4) is 0 Å². The number of hydrogen-bond donors (Lipinski definition) is 4. The van der Waals surface area contributed by atoms with Gasteiger partial charge in [0, 0.05) is 32.4 Å². The van der Waals surface area contributed by atoms with Gasteiger partial charge in [0.15, 0.2) is 11.5 Å². The molecular weight excluding hydrogens is 631 g/mol. The van der Waals surface area contributed by atoms with Crippen LogP contribution in [0.25, 0.3) is 11.2 Å². The van der Waals surface area contributed by atoms with Crippen molar-refractivity contribution in [2.75, 3.05) is 30.4 Å². The van der Waals surface area contributed by atoms with Gasteiger partial charge in [-0.15, -0.1) is 0 Å². The summed E-state index contributed by atoms with van der Waals surface area (Å²) in [6.07, 6.45) is 1.44. The molecule has 0 bridgehead atoms. The maximum Gasteiger partial charge on any atom is 0.416 e. The summed E-state index contributed by atoms with van der Waals surface area (Å²) in [4.78, 5) is 46.5. The van der Waals surface area contributed by atoms with E-state index in [4.69, 9.17) is 9.47 Å². The molecule has 13 nitrogen and oxygen atoms in total. The van der Waals surface area contributed by atoms with E-state index in [1.165, 1.54) is 38.0 Å². The van der Waals surface area contributed by atoms with Gasteiger partial charge < -0.3 is 35.3 Å². The smallest absolute Gasteiger partial charge is 0.416 e. The number of anilines is 2. The number of nitrogens with one attached hydrogen (secondary N) is 4. The van der Waals surface area contributed by atoms with E-state index < -0.39 is 17.8 Å². The van der Waals surface area contributed by atoms with Gasteiger partial charge in [0.1, 0.15) is 41.4 Å². The van der Waals surface area contributed by atoms with E-state index in [0.29, 0.717) is 40.6 Å². The maximum atomic E-state index is 13.6. The second kappa shape index (κ2) is 13.8. The van der Waals surface area contributed by atoms with Gasteiger partial charge in [-0.25, -0.2) is 19.7 Å². The first-order valence-electron chi connectivity index (χ1n) is 14.9. The van der Waals surface area contributed by atoms with Crippen LogP contribution in [-0.4, -0.2) is 63.1 Å². The van der Waals surface area contributed by atoms with Crippen LogP contribution in [0.15, 0.2) is 73.4 Å². The van der Waals surface area contributed by atoms with Gasteiger partial charge in [-0.2, -0.15) is 13.2 Å². The molecule has 1 fully saturated rings. The Kier molecular flexibility index (Phi) is 9.22. The van der Waals surface area contributed by atoms with Gasteiger partial charge in [-0.1, -0.05) is 12.1 Å². The van der Waals surface area contributed by atoms with Gasteiger partial charge in [-0.05, 0) is 54.8 Å². The third-order valence-corrected chi connectivity index (χ3v) is 7.64. The largest absolute Gasteiger partial charge is 0.489 e. The number of carbonyl (C=O) groups is 2. The fourth-order valence-electron chi connectivity index (χ4n) is 5.26. The van der Waals surface area contributed by atoms with Crippen LogP contribution in [-0.2, 0) is 12.7 Å². The minimum atomic E-state index is -4.62. The van der Waals surface area contributed by atoms with E-state index in [1.807, 2.05) is 0 Å². The molecule has 1 aliphatic heterocycles. The maximum absolute atomic E-state index is 13.6. The summed E-state index contributed by atoms with van der Waals surface area (Å²) < 4.78 is 52.6. The number of aromatic amines is 1. The lowest BCUT2D eigenvalue weighted by Crippen LogP contribution is -2.35. The SMILES string of the molecule is CNC(=O)c1cc(Oc2ccc(CNC(=O)Nc3cc(C(F)(F)F)ccc3OCC3CCCN3c3ncnc4nc[nH]c34)cc2)ccn1. The van der Waals surface area contributed by atoms with Crippen LogP contribution >= 0.6 is 0 Å². The highest BCUT2D eigenvalue weighted by Gasteiger charge is 2.32. The van der Waals surface area contributed by atoms with Crippen LogP contribution in [0.4, 0.5) is 29.5 Å². The van der Waals surface area contributed by atoms with Crippen molar-refractivity contribution in [2.45, 2.75) is 31.6 Å². The molecule has 3 amide bonds. The minimum Gasteiger partial charge on any atom is -0.489 e. The molecule has 0 aliphatic carbocycles. The molecule has 248 valence electrons. The zero-order valence-corrected chi connectivity index (χ0v) is 25.5. The fraction of sp³-hybridized carbons (Fsp3) is 0.250. The number of pyridine rings is 1. The van der Waals surface area contributed by atoms with Crippen molar-refractivity contribution in [1.82, 2.24) is 35.6 Å². The number of imidazole rings is 1. The molecule has 48 heavy (non-hydrogen) atoms. The number of amides is 3. The quantitative estimate of drug-likeness (QED) is 0.156. The number of fused-ring (bicyclic) bond motifs is 1. The Hall–Kier alpha value is -5.93. The number of alkyl halides is 3. The van der Waals surface area contributed by atoms with Crippen molar-refractivity contribution in [2.24, 2.45) is 0 Å². The first-order valence-corrected chi connectivity index (χ1v) is 14.9. The van der Waals surface area contributed by atoms with Crippen molar-refractivity contribution >= 4 is 34.6 Å². The first kappa shape index (κ1) is 32.0. The average Bonchev–Trinajstić information content (AvgIpc) is 3.77. The normalized spacial score (nSPS) is 14.5. The monoisotopic (exact) mass is 661 g/mol. The molecule has 0 spiro atoms. The van der Waals surface area contributed by atoms with Gasteiger partial charge in [-0.3, -0.25) is 9.78 Å². The van der Waals surface area contributed by atoms with Gasteiger partial charge >= 0.3 is 12.2 Å². The summed E-state index contributed by atoms with van der Waals surface area (Å²) in [5.74, 6) is 1.31. The zero-order valence-electron chi connectivity index (χ0n) is 25.5. The molecule has 0 saturated carbocycles. The van der Waals surface area contributed by atoms with Gasteiger partial charge in [0.05, 0.1) is 23.6 Å². The molecule has 3 aromatic heterocycles. The van der Waals surface area contributed by atoms with Crippen molar-refractivity contribution < 1.29 is 32.2 Å². The number of H-pyrrole nitrogens is 1. The molecule has 1 atom stereocenters. The number of rotatable bonds is 10. The number of aromatic nitrogens is 5. The molecular formula is C32H30F3N9O4. The Morgan fingerprint density at radius 2 is 1.85 bits per heavy atom. The van der Waals surface area contributed by atoms with Crippen LogP contribution in [0, 0.1) is 0 Å².